The Bertz CT molecular complexity index is 604. The number of hydrogen-bond donors (Lipinski definition) is 2. The first-order valence-electron chi connectivity index (χ1n) is 5.33. The highest BCUT2D eigenvalue weighted by Crippen LogP contribution is 2.26. The Hall–Kier alpha value is -1.94. The summed E-state index contributed by atoms with van der Waals surface area (Å²) < 4.78 is 4.86. The molecule has 1 aromatic carbocycles. The van der Waals surface area contributed by atoms with E-state index in [2.05, 4.69) is 5.32 Å². The lowest BCUT2D eigenvalue weighted by Crippen LogP contribution is -2.12. The molecular formula is C13H12ClNO3. The summed E-state index contributed by atoms with van der Waals surface area (Å²) in [5, 5.41) is 12.3. The van der Waals surface area contributed by atoms with E-state index in [-0.39, 0.29) is 22.4 Å². The molecule has 94 valence electrons. The SMILES string of the molecule is Cc1cc(NC(=O)c2ccoc2Cl)c(C)cc1O. The van der Waals surface area contributed by atoms with Crippen LogP contribution in [-0.2, 0) is 0 Å². The van der Waals surface area contributed by atoms with E-state index < -0.39 is 0 Å². The van der Waals surface area contributed by atoms with E-state index in [0.717, 1.165) is 5.56 Å². The largest absolute Gasteiger partial charge is 0.508 e. The summed E-state index contributed by atoms with van der Waals surface area (Å²) in [6.45, 7) is 3.56. The number of phenolic OH excluding ortho intramolecular Hbond substituents is 1. The number of aryl methyl sites for hydroxylation is 2. The quantitative estimate of drug-likeness (QED) is 0.817. The van der Waals surface area contributed by atoms with E-state index in [1.165, 1.54) is 12.3 Å². The van der Waals surface area contributed by atoms with Gasteiger partial charge >= 0.3 is 0 Å². The molecule has 0 aliphatic heterocycles. The van der Waals surface area contributed by atoms with Crippen molar-refractivity contribution in [2.45, 2.75) is 13.8 Å². The zero-order valence-electron chi connectivity index (χ0n) is 9.95. The molecule has 0 unspecified atom stereocenters. The molecule has 2 rings (SSSR count). The molecule has 18 heavy (non-hydrogen) atoms. The Morgan fingerprint density at radius 1 is 1.33 bits per heavy atom. The summed E-state index contributed by atoms with van der Waals surface area (Å²) in [4.78, 5) is 11.9. The minimum atomic E-state index is -0.345. The standard InChI is InChI=1S/C13H12ClNO3/c1-7-6-11(16)8(2)5-10(7)15-13(17)9-3-4-18-12(9)14/h3-6,16H,1-2H3,(H,15,17). The number of hydrogen-bond acceptors (Lipinski definition) is 3. The zero-order valence-corrected chi connectivity index (χ0v) is 10.7. The van der Waals surface area contributed by atoms with E-state index in [1.807, 2.05) is 0 Å². The van der Waals surface area contributed by atoms with Crippen LogP contribution in [0.3, 0.4) is 0 Å². The minimum Gasteiger partial charge on any atom is -0.508 e. The molecule has 4 nitrogen and oxygen atoms in total. The van der Waals surface area contributed by atoms with Crippen LogP contribution in [0.15, 0.2) is 28.9 Å². The van der Waals surface area contributed by atoms with Crippen LogP contribution in [0.5, 0.6) is 5.75 Å². The van der Waals surface area contributed by atoms with Crippen molar-refractivity contribution in [3.05, 3.63) is 46.4 Å². The number of furan rings is 1. The summed E-state index contributed by atoms with van der Waals surface area (Å²) in [7, 11) is 0. The van der Waals surface area contributed by atoms with Gasteiger partial charge in [-0.15, -0.1) is 0 Å². The average molecular weight is 266 g/mol. The second-order valence-electron chi connectivity index (χ2n) is 4.02. The van der Waals surface area contributed by atoms with Crippen molar-refractivity contribution in [1.29, 1.82) is 0 Å². The molecule has 0 saturated carbocycles. The van der Waals surface area contributed by atoms with E-state index in [9.17, 15) is 9.90 Å². The fourth-order valence-electron chi connectivity index (χ4n) is 1.58. The van der Waals surface area contributed by atoms with Crippen molar-refractivity contribution in [2.75, 3.05) is 5.32 Å². The third kappa shape index (κ3) is 2.33. The van der Waals surface area contributed by atoms with E-state index in [0.29, 0.717) is 11.3 Å². The maximum absolute atomic E-state index is 11.9. The van der Waals surface area contributed by atoms with Crippen molar-refractivity contribution in [3.63, 3.8) is 0 Å². The molecule has 1 amide bonds. The number of aromatic hydroxyl groups is 1. The first kappa shape index (κ1) is 12.5. The lowest BCUT2D eigenvalue weighted by Gasteiger charge is -2.10. The lowest BCUT2D eigenvalue weighted by molar-refractivity contribution is 0.102. The summed E-state index contributed by atoms with van der Waals surface area (Å²) in [6.07, 6.45) is 1.35. The van der Waals surface area contributed by atoms with Crippen LogP contribution in [0.25, 0.3) is 0 Å². The van der Waals surface area contributed by atoms with Gasteiger partial charge in [-0.25, -0.2) is 0 Å². The third-order valence-electron chi connectivity index (χ3n) is 2.65. The predicted octanol–water partition coefficient (Wildman–Crippen LogP) is 3.51. The summed E-state index contributed by atoms with van der Waals surface area (Å²) in [5.74, 6) is -0.145. The average Bonchev–Trinajstić information content (AvgIpc) is 2.72. The molecular weight excluding hydrogens is 254 g/mol. The van der Waals surface area contributed by atoms with Gasteiger partial charge in [0.2, 0.25) is 5.22 Å². The van der Waals surface area contributed by atoms with Crippen molar-refractivity contribution in [1.82, 2.24) is 0 Å². The second-order valence-corrected chi connectivity index (χ2v) is 4.36. The summed E-state index contributed by atoms with van der Waals surface area (Å²) in [6, 6.07) is 4.80. The number of phenols is 1. The van der Waals surface area contributed by atoms with Gasteiger partial charge in [-0.1, -0.05) is 0 Å². The molecule has 2 N–H and O–H groups in total. The maximum Gasteiger partial charge on any atom is 0.260 e. The molecule has 0 spiro atoms. The van der Waals surface area contributed by atoms with Gasteiger partial charge in [-0.3, -0.25) is 4.79 Å². The normalized spacial score (nSPS) is 10.4. The van der Waals surface area contributed by atoms with Crippen molar-refractivity contribution >= 4 is 23.2 Å². The first-order valence-corrected chi connectivity index (χ1v) is 5.71. The highest BCUT2D eigenvalue weighted by Gasteiger charge is 2.14. The topological polar surface area (TPSA) is 62.5 Å². The van der Waals surface area contributed by atoms with Crippen LogP contribution < -0.4 is 5.32 Å². The fraction of sp³-hybridized carbons (Fsp3) is 0.154. The van der Waals surface area contributed by atoms with Gasteiger partial charge in [0.05, 0.1) is 11.8 Å². The number of carbonyl (C=O) groups is 1. The van der Waals surface area contributed by atoms with Gasteiger partial charge in [0, 0.05) is 5.69 Å². The molecule has 1 aromatic heterocycles. The van der Waals surface area contributed by atoms with Crippen molar-refractivity contribution < 1.29 is 14.3 Å². The van der Waals surface area contributed by atoms with Crippen LogP contribution in [0.4, 0.5) is 5.69 Å². The number of anilines is 1. The maximum atomic E-state index is 11.9. The molecule has 0 fully saturated rings. The predicted molar refractivity (Wildman–Crippen MR) is 69.3 cm³/mol. The van der Waals surface area contributed by atoms with Gasteiger partial charge in [0.1, 0.15) is 5.75 Å². The molecule has 0 atom stereocenters. The third-order valence-corrected chi connectivity index (χ3v) is 2.95. The second kappa shape index (κ2) is 4.74. The molecule has 0 aliphatic rings. The number of amides is 1. The van der Waals surface area contributed by atoms with Crippen LogP contribution >= 0.6 is 11.6 Å². The number of benzene rings is 1. The van der Waals surface area contributed by atoms with E-state index >= 15 is 0 Å². The van der Waals surface area contributed by atoms with Gasteiger partial charge in [-0.05, 0) is 54.8 Å². The Kier molecular flexibility index (Phi) is 3.30. The molecule has 1 heterocycles. The number of halogens is 1. The molecule has 0 aliphatic carbocycles. The monoisotopic (exact) mass is 265 g/mol. The lowest BCUT2D eigenvalue weighted by atomic mass is 10.1. The molecule has 2 aromatic rings. The van der Waals surface area contributed by atoms with Gasteiger partial charge in [0.25, 0.3) is 5.91 Å². The van der Waals surface area contributed by atoms with Crippen LogP contribution in [0, 0.1) is 13.8 Å². The Labute approximate surface area is 109 Å². The Balaban J connectivity index is 2.28. The summed E-state index contributed by atoms with van der Waals surface area (Å²) >= 11 is 5.73. The van der Waals surface area contributed by atoms with Gasteiger partial charge in [0.15, 0.2) is 0 Å². The molecule has 0 radical (unpaired) electrons. The molecule has 5 heteroatoms. The Morgan fingerprint density at radius 2 is 2.06 bits per heavy atom. The highest BCUT2D eigenvalue weighted by molar-refractivity contribution is 6.32. The molecule has 0 bridgehead atoms. The van der Waals surface area contributed by atoms with Gasteiger partial charge < -0.3 is 14.8 Å². The van der Waals surface area contributed by atoms with Gasteiger partial charge in [-0.2, -0.15) is 0 Å². The molecule has 0 saturated heterocycles. The zero-order chi connectivity index (χ0) is 13.3. The first-order chi connectivity index (χ1) is 8.49. The van der Waals surface area contributed by atoms with Crippen LogP contribution in [0.2, 0.25) is 5.22 Å². The Morgan fingerprint density at radius 3 is 2.67 bits per heavy atom. The van der Waals surface area contributed by atoms with Crippen molar-refractivity contribution in [2.24, 2.45) is 0 Å². The summed E-state index contributed by atoms with van der Waals surface area (Å²) in [5.41, 5.74) is 2.37. The highest BCUT2D eigenvalue weighted by atomic mass is 35.5. The number of carbonyl (C=O) groups excluding carboxylic acids is 1. The number of rotatable bonds is 2. The fourth-order valence-corrected chi connectivity index (χ4v) is 1.78. The minimum absolute atomic E-state index is 0.0562. The smallest absolute Gasteiger partial charge is 0.260 e. The number of nitrogens with one attached hydrogen (secondary N) is 1. The van der Waals surface area contributed by atoms with Crippen molar-refractivity contribution in [3.8, 4) is 5.75 Å². The van der Waals surface area contributed by atoms with Crippen LogP contribution in [-0.4, -0.2) is 11.0 Å². The van der Waals surface area contributed by atoms with Crippen LogP contribution in [0.1, 0.15) is 21.5 Å². The van der Waals surface area contributed by atoms with E-state index in [4.69, 9.17) is 16.0 Å². The van der Waals surface area contributed by atoms with E-state index in [1.54, 1.807) is 26.0 Å².